The maximum Gasteiger partial charge on any atom is 0.0594 e. The summed E-state index contributed by atoms with van der Waals surface area (Å²) in [6.07, 6.45) is 3.84. The van der Waals surface area contributed by atoms with E-state index in [0.717, 1.165) is 32.8 Å². The molecule has 0 amide bonds. The number of morpholine rings is 1. The summed E-state index contributed by atoms with van der Waals surface area (Å²) in [5, 5.41) is 3.58. The summed E-state index contributed by atoms with van der Waals surface area (Å²) in [7, 11) is 0. The molecule has 2 saturated heterocycles. The fourth-order valence-corrected chi connectivity index (χ4v) is 3.09. The van der Waals surface area contributed by atoms with Gasteiger partial charge in [0.05, 0.1) is 13.2 Å². The lowest BCUT2D eigenvalue weighted by molar-refractivity contribution is 0.0342. The van der Waals surface area contributed by atoms with Gasteiger partial charge in [-0.15, -0.1) is 0 Å². The van der Waals surface area contributed by atoms with Gasteiger partial charge in [0.25, 0.3) is 0 Å². The third-order valence-electron chi connectivity index (χ3n) is 4.15. The molecule has 1 N–H and O–H groups in total. The lowest BCUT2D eigenvalue weighted by Crippen LogP contribution is -2.35. The van der Waals surface area contributed by atoms with Crippen LogP contribution in [0.3, 0.4) is 0 Å². The molecule has 1 aromatic carbocycles. The zero-order chi connectivity index (χ0) is 12.9. The van der Waals surface area contributed by atoms with Crippen molar-refractivity contribution in [2.24, 2.45) is 0 Å². The Morgan fingerprint density at radius 2 is 2.05 bits per heavy atom. The number of hydrogen-bond donors (Lipinski definition) is 1. The van der Waals surface area contributed by atoms with Crippen LogP contribution in [0.5, 0.6) is 0 Å². The van der Waals surface area contributed by atoms with Crippen LogP contribution >= 0.6 is 0 Å². The van der Waals surface area contributed by atoms with Crippen molar-refractivity contribution in [2.45, 2.75) is 31.8 Å². The number of rotatable bonds is 4. The predicted molar refractivity (Wildman–Crippen MR) is 77.3 cm³/mol. The quantitative estimate of drug-likeness (QED) is 0.893. The van der Waals surface area contributed by atoms with Gasteiger partial charge in [-0.25, -0.2) is 0 Å². The average Bonchev–Trinajstić information content (AvgIpc) is 2.93. The Morgan fingerprint density at radius 1 is 1.21 bits per heavy atom. The lowest BCUT2D eigenvalue weighted by Gasteiger charge is -2.26. The van der Waals surface area contributed by atoms with E-state index < -0.39 is 0 Å². The first kappa shape index (κ1) is 13.1. The smallest absolute Gasteiger partial charge is 0.0594 e. The average molecular weight is 260 g/mol. The Balaban J connectivity index is 1.58. The molecule has 1 aromatic rings. The van der Waals surface area contributed by atoms with Crippen LogP contribution in [0.1, 0.15) is 24.0 Å². The van der Waals surface area contributed by atoms with Gasteiger partial charge in [-0.05, 0) is 36.9 Å². The number of ether oxygens (including phenoxy) is 1. The second-order valence-electron chi connectivity index (χ2n) is 5.71. The second-order valence-corrected chi connectivity index (χ2v) is 5.71. The van der Waals surface area contributed by atoms with Crippen LogP contribution in [-0.2, 0) is 17.7 Å². The van der Waals surface area contributed by atoms with Crippen molar-refractivity contribution >= 4 is 0 Å². The normalized spacial score (nSPS) is 24.7. The first-order chi connectivity index (χ1) is 9.40. The van der Waals surface area contributed by atoms with E-state index >= 15 is 0 Å². The maximum absolute atomic E-state index is 5.40. The van der Waals surface area contributed by atoms with Crippen LogP contribution in [0.25, 0.3) is 0 Å². The van der Waals surface area contributed by atoms with E-state index in [1.807, 2.05) is 0 Å². The fourth-order valence-electron chi connectivity index (χ4n) is 3.09. The molecule has 0 radical (unpaired) electrons. The van der Waals surface area contributed by atoms with Gasteiger partial charge in [0.1, 0.15) is 0 Å². The summed E-state index contributed by atoms with van der Waals surface area (Å²) >= 11 is 0. The Labute approximate surface area is 115 Å². The summed E-state index contributed by atoms with van der Waals surface area (Å²) in [6, 6.07) is 9.80. The maximum atomic E-state index is 5.40. The van der Waals surface area contributed by atoms with Crippen LogP contribution in [-0.4, -0.2) is 43.8 Å². The molecule has 3 nitrogen and oxygen atoms in total. The summed E-state index contributed by atoms with van der Waals surface area (Å²) in [4.78, 5) is 2.48. The number of nitrogens with one attached hydrogen (secondary N) is 1. The highest BCUT2D eigenvalue weighted by Gasteiger charge is 2.15. The molecular weight excluding hydrogens is 236 g/mol. The first-order valence-electron chi connectivity index (χ1n) is 7.51. The van der Waals surface area contributed by atoms with Gasteiger partial charge >= 0.3 is 0 Å². The van der Waals surface area contributed by atoms with E-state index in [2.05, 4.69) is 34.5 Å². The van der Waals surface area contributed by atoms with Gasteiger partial charge in [0.2, 0.25) is 0 Å². The molecule has 2 aliphatic rings. The van der Waals surface area contributed by atoms with Crippen LogP contribution in [0.15, 0.2) is 24.3 Å². The number of hydrogen-bond acceptors (Lipinski definition) is 3. The molecule has 2 heterocycles. The lowest BCUT2D eigenvalue weighted by atomic mass is 10.0. The zero-order valence-electron chi connectivity index (χ0n) is 11.6. The van der Waals surface area contributed by atoms with Crippen LogP contribution in [0.4, 0.5) is 0 Å². The number of nitrogens with zero attached hydrogens (tertiary/aromatic N) is 1. The Kier molecular flexibility index (Phi) is 4.49. The second kappa shape index (κ2) is 6.51. The van der Waals surface area contributed by atoms with Crippen LogP contribution in [0, 0.1) is 0 Å². The highest BCUT2D eigenvalue weighted by molar-refractivity contribution is 5.24. The third kappa shape index (κ3) is 3.78. The standard InChI is InChI=1S/C16H24N2O/c1-3-14(12-16-5-2-6-17-16)11-15(4-1)13-18-7-9-19-10-8-18/h1,3-4,11,16-17H,2,5-10,12-13H2. The first-order valence-corrected chi connectivity index (χ1v) is 7.51. The molecule has 0 saturated carbocycles. The van der Waals surface area contributed by atoms with Crippen molar-refractivity contribution in [1.29, 1.82) is 0 Å². The van der Waals surface area contributed by atoms with Gasteiger partial charge in [-0.2, -0.15) is 0 Å². The Bertz CT molecular complexity index is 395. The third-order valence-corrected chi connectivity index (χ3v) is 4.15. The summed E-state index contributed by atoms with van der Waals surface area (Å²) in [6.45, 7) is 6.15. The molecule has 3 rings (SSSR count). The van der Waals surface area contributed by atoms with Gasteiger partial charge in [0.15, 0.2) is 0 Å². The largest absolute Gasteiger partial charge is 0.379 e. The van der Waals surface area contributed by atoms with Gasteiger partial charge < -0.3 is 10.1 Å². The zero-order valence-corrected chi connectivity index (χ0v) is 11.6. The summed E-state index contributed by atoms with van der Waals surface area (Å²) in [5.74, 6) is 0. The van der Waals surface area contributed by atoms with Crippen molar-refractivity contribution < 1.29 is 4.74 Å². The summed E-state index contributed by atoms with van der Waals surface area (Å²) in [5.41, 5.74) is 2.92. The monoisotopic (exact) mass is 260 g/mol. The van der Waals surface area contributed by atoms with E-state index in [-0.39, 0.29) is 0 Å². The predicted octanol–water partition coefficient (Wildman–Crippen LogP) is 1.81. The molecule has 1 unspecified atom stereocenters. The van der Waals surface area contributed by atoms with Crippen molar-refractivity contribution in [3.05, 3.63) is 35.4 Å². The summed E-state index contributed by atoms with van der Waals surface area (Å²) < 4.78 is 5.40. The minimum Gasteiger partial charge on any atom is -0.379 e. The molecular formula is C16H24N2O. The highest BCUT2D eigenvalue weighted by Crippen LogP contribution is 2.15. The molecule has 0 aliphatic carbocycles. The van der Waals surface area contributed by atoms with E-state index in [0.29, 0.717) is 6.04 Å². The molecule has 2 aliphatic heterocycles. The fraction of sp³-hybridized carbons (Fsp3) is 0.625. The number of benzene rings is 1. The van der Waals surface area contributed by atoms with Crippen molar-refractivity contribution in [2.75, 3.05) is 32.8 Å². The molecule has 1 atom stereocenters. The van der Waals surface area contributed by atoms with Crippen molar-refractivity contribution in [3.8, 4) is 0 Å². The van der Waals surface area contributed by atoms with Crippen molar-refractivity contribution in [1.82, 2.24) is 10.2 Å². The minimum absolute atomic E-state index is 0.693. The molecule has 0 spiro atoms. The van der Waals surface area contributed by atoms with E-state index in [1.165, 1.54) is 36.9 Å². The molecule has 2 fully saturated rings. The molecule has 19 heavy (non-hydrogen) atoms. The SMILES string of the molecule is c1cc(CC2CCCN2)cc(CN2CCOCC2)c1. The molecule has 0 aromatic heterocycles. The molecule has 104 valence electrons. The Hall–Kier alpha value is -0.900. The minimum atomic E-state index is 0.693. The van der Waals surface area contributed by atoms with Gasteiger partial charge in [0, 0.05) is 25.7 Å². The van der Waals surface area contributed by atoms with E-state index in [9.17, 15) is 0 Å². The van der Waals surface area contributed by atoms with E-state index in [1.54, 1.807) is 0 Å². The molecule has 3 heteroatoms. The van der Waals surface area contributed by atoms with Crippen LogP contribution in [0.2, 0.25) is 0 Å². The molecule has 0 bridgehead atoms. The highest BCUT2D eigenvalue weighted by atomic mass is 16.5. The van der Waals surface area contributed by atoms with Crippen LogP contribution < -0.4 is 5.32 Å². The topological polar surface area (TPSA) is 24.5 Å². The van der Waals surface area contributed by atoms with Gasteiger partial charge in [-0.3, -0.25) is 4.90 Å². The van der Waals surface area contributed by atoms with Gasteiger partial charge in [-0.1, -0.05) is 24.3 Å². The van der Waals surface area contributed by atoms with E-state index in [4.69, 9.17) is 4.74 Å². The van der Waals surface area contributed by atoms with Crippen molar-refractivity contribution in [3.63, 3.8) is 0 Å². The Morgan fingerprint density at radius 3 is 2.84 bits per heavy atom.